The third kappa shape index (κ3) is 5.70. The Hall–Kier alpha value is -0.430. The predicted octanol–water partition coefficient (Wildman–Crippen LogP) is 3.21. The zero-order valence-electron chi connectivity index (χ0n) is 13.7. The molecule has 1 aromatic heterocycles. The molecule has 0 spiro atoms. The zero-order chi connectivity index (χ0) is 16.1. The Bertz CT molecular complexity index is 534. The first-order chi connectivity index (χ1) is 9.69. The van der Waals surface area contributed by atoms with Crippen LogP contribution in [0.3, 0.4) is 0 Å². The highest BCUT2D eigenvalue weighted by Crippen LogP contribution is 2.26. The molecule has 1 heterocycles. The molecule has 1 aromatic rings. The van der Waals surface area contributed by atoms with Crippen molar-refractivity contribution in [2.45, 2.75) is 52.5 Å². The first kappa shape index (κ1) is 18.6. The van der Waals surface area contributed by atoms with Gasteiger partial charge in [-0.25, -0.2) is 13.1 Å². The van der Waals surface area contributed by atoms with Crippen molar-refractivity contribution in [2.75, 3.05) is 13.1 Å². The van der Waals surface area contributed by atoms with Gasteiger partial charge in [-0.1, -0.05) is 34.6 Å². The summed E-state index contributed by atoms with van der Waals surface area (Å²) < 4.78 is 27.4. The standard InChI is InChI=1S/C15H28N2O2S2/c1-6-7-16-9-13-8-14(10-20-13)21(18,19)17-11-15(4,5)12(2)3/h8,10,12,16-17H,6-7,9,11H2,1-5H3. The van der Waals surface area contributed by atoms with Gasteiger partial charge in [-0.15, -0.1) is 11.3 Å². The first-order valence-corrected chi connectivity index (χ1v) is 9.83. The van der Waals surface area contributed by atoms with E-state index >= 15 is 0 Å². The highest BCUT2D eigenvalue weighted by Gasteiger charge is 2.25. The Kier molecular flexibility index (Phi) is 6.84. The maximum absolute atomic E-state index is 12.3. The van der Waals surface area contributed by atoms with E-state index in [1.807, 2.05) is 0 Å². The molecule has 122 valence electrons. The summed E-state index contributed by atoms with van der Waals surface area (Å²) in [6, 6.07) is 1.76. The molecule has 6 heteroatoms. The maximum atomic E-state index is 12.3. The third-order valence-corrected chi connectivity index (χ3v) is 6.41. The molecule has 0 unspecified atom stereocenters. The fourth-order valence-corrected chi connectivity index (χ4v) is 4.02. The van der Waals surface area contributed by atoms with Gasteiger partial charge in [-0.2, -0.15) is 0 Å². The van der Waals surface area contributed by atoms with E-state index in [-0.39, 0.29) is 5.41 Å². The summed E-state index contributed by atoms with van der Waals surface area (Å²) in [6.45, 7) is 12.6. The smallest absolute Gasteiger partial charge is 0.241 e. The highest BCUT2D eigenvalue weighted by atomic mass is 32.2. The lowest BCUT2D eigenvalue weighted by Crippen LogP contribution is -2.36. The van der Waals surface area contributed by atoms with Crippen molar-refractivity contribution in [3.05, 3.63) is 16.3 Å². The molecule has 0 aromatic carbocycles. The fraction of sp³-hybridized carbons (Fsp3) is 0.733. The van der Waals surface area contributed by atoms with Gasteiger partial charge in [0.15, 0.2) is 0 Å². The second-order valence-electron chi connectivity index (χ2n) is 6.39. The summed E-state index contributed by atoms with van der Waals surface area (Å²) >= 11 is 1.48. The quantitative estimate of drug-likeness (QED) is 0.683. The second-order valence-corrected chi connectivity index (χ2v) is 9.16. The minimum absolute atomic E-state index is 0.0609. The third-order valence-electron chi connectivity index (χ3n) is 3.95. The molecule has 0 bridgehead atoms. The van der Waals surface area contributed by atoms with Crippen molar-refractivity contribution in [3.63, 3.8) is 0 Å². The minimum atomic E-state index is -3.40. The van der Waals surface area contributed by atoms with Gasteiger partial charge in [0.05, 0.1) is 4.90 Å². The van der Waals surface area contributed by atoms with E-state index in [1.54, 1.807) is 11.4 Å². The van der Waals surface area contributed by atoms with Crippen LogP contribution < -0.4 is 10.0 Å². The molecule has 0 atom stereocenters. The van der Waals surface area contributed by atoms with Crippen LogP contribution in [-0.4, -0.2) is 21.5 Å². The van der Waals surface area contributed by atoms with E-state index < -0.39 is 10.0 Å². The fourth-order valence-electron chi connectivity index (χ4n) is 1.55. The zero-order valence-corrected chi connectivity index (χ0v) is 15.3. The molecule has 0 aliphatic carbocycles. The van der Waals surface area contributed by atoms with Crippen molar-refractivity contribution >= 4 is 21.4 Å². The summed E-state index contributed by atoms with van der Waals surface area (Å²) in [4.78, 5) is 1.42. The lowest BCUT2D eigenvalue weighted by molar-refractivity contribution is 0.252. The van der Waals surface area contributed by atoms with E-state index in [1.165, 1.54) is 11.3 Å². The van der Waals surface area contributed by atoms with E-state index in [4.69, 9.17) is 0 Å². The topological polar surface area (TPSA) is 58.2 Å². The van der Waals surface area contributed by atoms with Crippen LogP contribution in [0.1, 0.15) is 45.9 Å². The Morgan fingerprint density at radius 1 is 1.33 bits per heavy atom. The number of rotatable bonds is 9. The molecular formula is C15H28N2O2S2. The average molecular weight is 333 g/mol. The number of nitrogens with one attached hydrogen (secondary N) is 2. The van der Waals surface area contributed by atoms with E-state index in [0.717, 1.165) is 24.4 Å². The van der Waals surface area contributed by atoms with Gasteiger partial charge in [0.2, 0.25) is 10.0 Å². The Morgan fingerprint density at radius 3 is 2.57 bits per heavy atom. The van der Waals surface area contributed by atoms with Crippen LogP contribution in [-0.2, 0) is 16.6 Å². The van der Waals surface area contributed by atoms with Gasteiger partial charge >= 0.3 is 0 Å². The molecule has 0 aliphatic rings. The van der Waals surface area contributed by atoms with Gasteiger partial charge in [-0.05, 0) is 30.4 Å². The van der Waals surface area contributed by atoms with Crippen LogP contribution in [0, 0.1) is 11.3 Å². The molecule has 21 heavy (non-hydrogen) atoms. The summed E-state index contributed by atoms with van der Waals surface area (Å²) in [5.41, 5.74) is -0.0609. The second kappa shape index (κ2) is 7.72. The molecular weight excluding hydrogens is 304 g/mol. The lowest BCUT2D eigenvalue weighted by Gasteiger charge is -2.29. The van der Waals surface area contributed by atoms with Crippen LogP contribution in [0.15, 0.2) is 16.3 Å². The molecule has 0 aliphatic heterocycles. The maximum Gasteiger partial charge on any atom is 0.241 e. The van der Waals surface area contributed by atoms with Gasteiger partial charge in [0.25, 0.3) is 0 Å². The highest BCUT2D eigenvalue weighted by molar-refractivity contribution is 7.89. The monoisotopic (exact) mass is 332 g/mol. The summed E-state index contributed by atoms with van der Waals surface area (Å²) in [7, 11) is -3.40. The van der Waals surface area contributed by atoms with Crippen molar-refractivity contribution in [2.24, 2.45) is 11.3 Å². The minimum Gasteiger partial charge on any atom is -0.312 e. The average Bonchev–Trinajstić information content (AvgIpc) is 2.86. The predicted molar refractivity (Wildman–Crippen MR) is 90.1 cm³/mol. The molecule has 0 saturated carbocycles. The normalized spacial score (nSPS) is 13.0. The number of sulfonamides is 1. The Morgan fingerprint density at radius 2 is 2.00 bits per heavy atom. The van der Waals surface area contributed by atoms with Crippen LogP contribution in [0.5, 0.6) is 0 Å². The van der Waals surface area contributed by atoms with Gasteiger partial charge in [0.1, 0.15) is 0 Å². The Labute approximate surface area is 133 Å². The van der Waals surface area contributed by atoms with E-state index in [2.05, 4.69) is 44.7 Å². The number of hydrogen-bond donors (Lipinski definition) is 2. The first-order valence-electron chi connectivity index (χ1n) is 7.47. The molecule has 0 amide bonds. The largest absolute Gasteiger partial charge is 0.312 e. The van der Waals surface area contributed by atoms with Gasteiger partial charge in [0, 0.05) is 23.3 Å². The summed E-state index contributed by atoms with van der Waals surface area (Å²) in [5, 5.41) is 5.00. The molecule has 0 radical (unpaired) electrons. The van der Waals surface area contributed by atoms with Crippen molar-refractivity contribution in [1.29, 1.82) is 0 Å². The molecule has 4 nitrogen and oxygen atoms in total. The summed E-state index contributed by atoms with van der Waals surface area (Å²) in [6.07, 6.45) is 1.07. The lowest BCUT2D eigenvalue weighted by atomic mass is 9.81. The van der Waals surface area contributed by atoms with E-state index in [9.17, 15) is 8.42 Å². The molecule has 0 saturated heterocycles. The molecule has 1 rings (SSSR count). The summed E-state index contributed by atoms with van der Waals surface area (Å²) in [5.74, 6) is 0.413. The van der Waals surface area contributed by atoms with Crippen LogP contribution in [0.4, 0.5) is 0 Å². The molecule has 0 fully saturated rings. The SMILES string of the molecule is CCCNCc1cc(S(=O)(=O)NCC(C)(C)C(C)C)cs1. The molecule has 2 N–H and O–H groups in total. The van der Waals surface area contributed by atoms with Crippen LogP contribution in [0.2, 0.25) is 0 Å². The van der Waals surface area contributed by atoms with Crippen LogP contribution >= 0.6 is 11.3 Å². The van der Waals surface area contributed by atoms with Gasteiger partial charge < -0.3 is 5.32 Å². The van der Waals surface area contributed by atoms with Crippen molar-refractivity contribution in [3.8, 4) is 0 Å². The van der Waals surface area contributed by atoms with E-state index in [0.29, 0.717) is 17.4 Å². The number of thiophene rings is 1. The Balaban J connectivity index is 2.66. The van der Waals surface area contributed by atoms with Crippen molar-refractivity contribution in [1.82, 2.24) is 10.0 Å². The van der Waals surface area contributed by atoms with Gasteiger partial charge in [-0.3, -0.25) is 0 Å². The van der Waals surface area contributed by atoms with Crippen LogP contribution in [0.25, 0.3) is 0 Å². The number of hydrogen-bond acceptors (Lipinski definition) is 4. The van der Waals surface area contributed by atoms with Crippen molar-refractivity contribution < 1.29 is 8.42 Å².